The van der Waals surface area contributed by atoms with Crippen LogP contribution in [0.15, 0.2) is 0 Å². The van der Waals surface area contributed by atoms with E-state index >= 15 is 0 Å². The van der Waals surface area contributed by atoms with Crippen LogP contribution in [-0.4, -0.2) is 18.5 Å². The van der Waals surface area contributed by atoms with Crippen LogP contribution in [0, 0.1) is 5.92 Å². The first kappa shape index (κ1) is 12.4. The third kappa shape index (κ3) is 4.88. The normalized spacial score (nSPS) is 15.1. The first-order valence-electron chi connectivity index (χ1n) is 5.16. The molecule has 78 valence electrons. The van der Waals surface area contributed by atoms with Gasteiger partial charge in [0, 0.05) is 12.0 Å². The van der Waals surface area contributed by atoms with Crippen LogP contribution >= 0.6 is 0 Å². The van der Waals surface area contributed by atoms with E-state index in [1.165, 1.54) is 0 Å². The Morgan fingerprint density at radius 2 is 2.00 bits per heavy atom. The van der Waals surface area contributed by atoms with Gasteiger partial charge < -0.3 is 11.1 Å². The molecule has 0 aromatic heterocycles. The molecule has 0 spiro atoms. The standard InChI is InChI=1S/C10H22N2O/c1-4-8(3)10(13)12-9(5-2)6-7-11/h8-9H,4-7,11H2,1-3H3,(H,12,13). The summed E-state index contributed by atoms with van der Waals surface area (Å²) < 4.78 is 0. The SMILES string of the molecule is CCC(CCN)NC(=O)C(C)CC. The zero-order valence-corrected chi connectivity index (χ0v) is 8.97. The van der Waals surface area contributed by atoms with Gasteiger partial charge in [-0.15, -0.1) is 0 Å². The molecule has 0 aromatic carbocycles. The predicted molar refractivity (Wildman–Crippen MR) is 55.3 cm³/mol. The predicted octanol–water partition coefficient (Wildman–Crippen LogP) is 1.28. The zero-order chi connectivity index (χ0) is 10.3. The summed E-state index contributed by atoms with van der Waals surface area (Å²) in [6.07, 6.45) is 2.73. The van der Waals surface area contributed by atoms with Crippen molar-refractivity contribution in [2.75, 3.05) is 6.54 Å². The molecule has 3 heteroatoms. The average molecular weight is 186 g/mol. The fourth-order valence-corrected chi connectivity index (χ4v) is 1.11. The van der Waals surface area contributed by atoms with Crippen molar-refractivity contribution in [3.8, 4) is 0 Å². The third-order valence-corrected chi connectivity index (χ3v) is 2.41. The molecule has 0 bridgehead atoms. The summed E-state index contributed by atoms with van der Waals surface area (Å²) in [6, 6.07) is 0.256. The number of nitrogens with one attached hydrogen (secondary N) is 1. The fourth-order valence-electron chi connectivity index (χ4n) is 1.11. The largest absolute Gasteiger partial charge is 0.353 e. The summed E-state index contributed by atoms with van der Waals surface area (Å²) in [5, 5.41) is 3.00. The van der Waals surface area contributed by atoms with Crippen molar-refractivity contribution in [3.05, 3.63) is 0 Å². The van der Waals surface area contributed by atoms with Crippen LogP contribution in [-0.2, 0) is 4.79 Å². The highest BCUT2D eigenvalue weighted by atomic mass is 16.1. The van der Waals surface area contributed by atoms with E-state index < -0.39 is 0 Å². The molecule has 0 saturated carbocycles. The number of rotatable bonds is 6. The molecule has 2 atom stereocenters. The minimum atomic E-state index is 0.117. The van der Waals surface area contributed by atoms with Crippen molar-refractivity contribution in [3.63, 3.8) is 0 Å². The summed E-state index contributed by atoms with van der Waals surface area (Å²) in [7, 11) is 0. The van der Waals surface area contributed by atoms with Crippen LogP contribution in [0.3, 0.4) is 0 Å². The Balaban J connectivity index is 3.85. The molecule has 0 aliphatic heterocycles. The average Bonchev–Trinajstić information content (AvgIpc) is 2.15. The molecule has 0 aliphatic rings. The molecule has 1 amide bonds. The van der Waals surface area contributed by atoms with Gasteiger partial charge in [-0.2, -0.15) is 0 Å². The number of hydrogen-bond acceptors (Lipinski definition) is 2. The fraction of sp³-hybridized carbons (Fsp3) is 0.900. The Hall–Kier alpha value is -0.570. The summed E-state index contributed by atoms with van der Waals surface area (Å²) >= 11 is 0. The molecule has 0 aromatic rings. The van der Waals surface area contributed by atoms with Crippen LogP contribution in [0.25, 0.3) is 0 Å². The maximum Gasteiger partial charge on any atom is 0.223 e. The molecule has 0 saturated heterocycles. The monoisotopic (exact) mass is 186 g/mol. The smallest absolute Gasteiger partial charge is 0.223 e. The number of carbonyl (C=O) groups excluding carboxylic acids is 1. The lowest BCUT2D eigenvalue weighted by Gasteiger charge is -2.18. The zero-order valence-electron chi connectivity index (χ0n) is 8.97. The van der Waals surface area contributed by atoms with Gasteiger partial charge in [-0.05, 0) is 25.8 Å². The molecule has 0 rings (SSSR count). The van der Waals surface area contributed by atoms with Crippen LogP contribution in [0.1, 0.15) is 40.0 Å². The molecule has 3 N–H and O–H groups in total. The van der Waals surface area contributed by atoms with Crippen LogP contribution in [0.2, 0.25) is 0 Å². The van der Waals surface area contributed by atoms with Gasteiger partial charge in [0.15, 0.2) is 0 Å². The summed E-state index contributed by atoms with van der Waals surface area (Å²) in [6.45, 7) is 6.68. The molecular weight excluding hydrogens is 164 g/mol. The summed E-state index contributed by atoms with van der Waals surface area (Å²) in [5.74, 6) is 0.273. The third-order valence-electron chi connectivity index (χ3n) is 2.41. The number of carbonyl (C=O) groups is 1. The minimum Gasteiger partial charge on any atom is -0.353 e. The van der Waals surface area contributed by atoms with Crippen molar-refractivity contribution in [2.24, 2.45) is 11.7 Å². The van der Waals surface area contributed by atoms with Gasteiger partial charge in [0.25, 0.3) is 0 Å². The Morgan fingerprint density at radius 1 is 1.38 bits per heavy atom. The Kier molecular flexibility index (Phi) is 6.59. The highest BCUT2D eigenvalue weighted by molar-refractivity contribution is 5.78. The molecule has 0 fully saturated rings. The van der Waals surface area contributed by atoms with Crippen molar-refractivity contribution in [1.29, 1.82) is 0 Å². The van der Waals surface area contributed by atoms with E-state index in [4.69, 9.17) is 5.73 Å². The molecule has 0 radical (unpaired) electrons. The van der Waals surface area contributed by atoms with E-state index in [0.717, 1.165) is 19.3 Å². The number of nitrogens with two attached hydrogens (primary N) is 1. The molecule has 2 unspecified atom stereocenters. The van der Waals surface area contributed by atoms with Gasteiger partial charge in [0.1, 0.15) is 0 Å². The second-order valence-corrected chi connectivity index (χ2v) is 3.50. The van der Waals surface area contributed by atoms with Gasteiger partial charge in [-0.25, -0.2) is 0 Å². The molecule has 0 heterocycles. The lowest BCUT2D eigenvalue weighted by molar-refractivity contribution is -0.125. The maximum atomic E-state index is 11.5. The van der Waals surface area contributed by atoms with Gasteiger partial charge in [-0.3, -0.25) is 4.79 Å². The van der Waals surface area contributed by atoms with Gasteiger partial charge in [0.05, 0.1) is 0 Å². The van der Waals surface area contributed by atoms with Gasteiger partial charge >= 0.3 is 0 Å². The van der Waals surface area contributed by atoms with Crippen molar-refractivity contribution >= 4 is 5.91 Å². The highest BCUT2D eigenvalue weighted by Gasteiger charge is 2.14. The number of amides is 1. The van der Waals surface area contributed by atoms with E-state index in [0.29, 0.717) is 6.54 Å². The minimum absolute atomic E-state index is 0.117. The lowest BCUT2D eigenvalue weighted by atomic mass is 10.1. The van der Waals surface area contributed by atoms with Gasteiger partial charge in [-0.1, -0.05) is 20.8 Å². The van der Waals surface area contributed by atoms with Crippen molar-refractivity contribution in [1.82, 2.24) is 5.32 Å². The second kappa shape index (κ2) is 6.89. The first-order chi connectivity index (χ1) is 6.15. The Bertz CT molecular complexity index is 148. The molecule has 13 heavy (non-hydrogen) atoms. The quantitative estimate of drug-likeness (QED) is 0.656. The van der Waals surface area contributed by atoms with E-state index in [-0.39, 0.29) is 17.9 Å². The van der Waals surface area contributed by atoms with Crippen LogP contribution in [0.5, 0.6) is 0 Å². The van der Waals surface area contributed by atoms with Crippen LogP contribution in [0.4, 0.5) is 0 Å². The summed E-state index contributed by atoms with van der Waals surface area (Å²) in [4.78, 5) is 11.5. The van der Waals surface area contributed by atoms with Crippen LogP contribution < -0.4 is 11.1 Å². The lowest BCUT2D eigenvalue weighted by Crippen LogP contribution is -2.38. The molecule has 0 aliphatic carbocycles. The van der Waals surface area contributed by atoms with Crippen molar-refractivity contribution in [2.45, 2.75) is 46.1 Å². The Morgan fingerprint density at radius 3 is 2.38 bits per heavy atom. The van der Waals surface area contributed by atoms with Gasteiger partial charge in [0.2, 0.25) is 5.91 Å². The summed E-state index contributed by atoms with van der Waals surface area (Å²) in [5.41, 5.74) is 5.44. The van der Waals surface area contributed by atoms with E-state index in [9.17, 15) is 4.79 Å². The highest BCUT2D eigenvalue weighted by Crippen LogP contribution is 2.03. The number of hydrogen-bond donors (Lipinski definition) is 2. The first-order valence-corrected chi connectivity index (χ1v) is 5.16. The van der Waals surface area contributed by atoms with Crippen molar-refractivity contribution < 1.29 is 4.79 Å². The van der Waals surface area contributed by atoms with E-state index in [1.54, 1.807) is 0 Å². The second-order valence-electron chi connectivity index (χ2n) is 3.50. The molecular formula is C10H22N2O. The Labute approximate surface area is 81.1 Å². The van der Waals surface area contributed by atoms with E-state index in [2.05, 4.69) is 12.2 Å². The maximum absolute atomic E-state index is 11.5. The van der Waals surface area contributed by atoms with E-state index in [1.807, 2.05) is 13.8 Å². The molecule has 3 nitrogen and oxygen atoms in total. The topological polar surface area (TPSA) is 55.1 Å².